The van der Waals surface area contributed by atoms with Gasteiger partial charge >= 0.3 is 17.9 Å². The Morgan fingerprint density at radius 1 is 0.300 bits per heavy atom. The van der Waals surface area contributed by atoms with Crippen LogP contribution < -0.4 is 0 Å². The first-order valence-corrected chi connectivity index (χ1v) is 27.8. The maximum Gasteiger partial charge on any atom is 0.306 e. The van der Waals surface area contributed by atoms with Gasteiger partial charge in [0.05, 0.1) is 0 Å². The molecule has 6 heteroatoms. The van der Waals surface area contributed by atoms with Gasteiger partial charge in [0.2, 0.25) is 0 Å². The van der Waals surface area contributed by atoms with Crippen LogP contribution in [0.25, 0.3) is 0 Å². The largest absolute Gasteiger partial charge is 0.462 e. The molecule has 0 saturated carbocycles. The molecule has 0 unspecified atom stereocenters. The first kappa shape index (κ1) is 65.3. The van der Waals surface area contributed by atoms with Crippen molar-refractivity contribution in [3.63, 3.8) is 0 Å². The SMILES string of the molecule is CC/C=C/C/C=C/C/C=C/C/C=C/C/C=C/C/C=C/CCC(=O)OC[C@@H](COC(=O)CCCCCCC/C=C/CCCCCCC)OC(=O)CCCCC/C=C/C/C=C/C/C=C/C/C=C/C/C=C/CC. The van der Waals surface area contributed by atoms with Crippen LogP contribution in [-0.4, -0.2) is 37.2 Å². The van der Waals surface area contributed by atoms with Crippen LogP contribution in [0.5, 0.6) is 0 Å². The van der Waals surface area contributed by atoms with Crippen LogP contribution in [0.1, 0.15) is 220 Å². The van der Waals surface area contributed by atoms with Gasteiger partial charge in [-0.15, -0.1) is 0 Å². The highest BCUT2D eigenvalue weighted by Crippen LogP contribution is 2.12. The van der Waals surface area contributed by atoms with Gasteiger partial charge in [-0.25, -0.2) is 0 Å². The number of hydrogen-bond donors (Lipinski definition) is 0. The van der Waals surface area contributed by atoms with Crippen molar-refractivity contribution in [3.8, 4) is 0 Å². The van der Waals surface area contributed by atoms with Gasteiger partial charge in [0.1, 0.15) is 13.2 Å². The van der Waals surface area contributed by atoms with Crippen LogP contribution >= 0.6 is 0 Å². The third-order valence-corrected chi connectivity index (χ3v) is 11.1. The van der Waals surface area contributed by atoms with Gasteiger partial charge in [-0.1, -0.05) is 218 Å². The van der Waals surface area contributed by atoms with Crippen molar-refractivity contribution in [2.45, 2.75) is 226 Å². The molecule has 0 spiro atoms. The molecule has 0 aromatic carbocycles. The van der Waals surface area contributed by atoms with Gasteiger partial charge in [-0.05, 0) is 128 Å². The molecule has 0 aliphatic rings. The molecule has 0 aromatic rings. The summed E-state index contributed by atoms with van der Waals surface area (Å²) < 4.78 is 16.7. The second kappa shape index (κ2) is 56.9. The second-order valence-electron chi connectivity index (χ2n) is 17.7. The highest BCUT2D eigenvalue weighted by Gasteiger charge is 2.19. The normalized spacial score (nSPS) is 13.2. The Morgan fingerprint density at radius 3 is 0.986 bits per heavy atom. The van der Waals surface area contributed by atoms with E-state index in [0.29, 0.717) is 19.3 Å². The van der Waals surface area contributed by atoms with Crippen LogP contribution in [0.15, 0.2) is 146 Å². The number of allylic oxidation sites excluding steroid dienone is 24. The van der Waals surface area contributed by atoms with E-state index in [9.17, 15) is 14.4 Å². The van der Waals surface area contributed by atoms with Crippen molar-refractivity contribution >= 4 is 17.9 Å². The molecule has 6 nitrogen and oxygen atoms in total. The molecular formula is C64H100O6. The predicted octanol–water partition coefficient (Wildman–Crippen LogP) is 18.8. The quantitative estimate of drug-likeness (QED) is 0.0262. The van der Waals surface area contributed by atoms with E-state index < -0.39 is 6.10 Å². The third kappa shape index (κ3) is 54.2. The lowest BCUT2D eigenvalue weighted by molar-refractivity contribution is -0.166. The van der Waals surface area contributed by atoms with Crippen molar-refractivity contribution in [3.05, 3.63) is 146 Å². The zero-order chi connectivity index (χ0) is 50.7. The van der Waals surface area contributed by atoms with Gasteiger partial charge in [-0.3, -0.25) is 14.4 Å². The van der Waals surface area contributed by atoms with Crippen LogP contribution in [0, 0.1) is 0 Å². The fraction of sp³-hybridized carbons (Fsp3) is 0.578. The molecule has 392 valence electrons. The molecule has 0 aliphatic heterocycles. The monoisotopic (exact) mass is 965 g/mol. The number of esters is 3. The molecule has 0 amide bonds. The number of ether oxygens (including phenoxy) is 3. The summed E-state index contributed by atoms with van der Waals surface area (Å²) in [4.78, 5) is 38.1. The zero-order valence-corrected chi connectivity index (χ0v) is 44.7. The molecule has 0 heterocycles. The van der Waals surface area contributed by atoms with E-state index in [2.05, 4.69) is 154 Å². The van der Waals surface area contributed by atoms with Crippen LogP contribution in [-0.2, 0) is 28.6 Å². The van der Waals surface area contributed by atoms with Gasteiger partial charge in [0.15, 0.2) is 6.10 Å². The van der Waals surface area contributed by atoms with Crippen molar-refractivity contribution in [1.82, 2.24) is 0 Å². The van der Waals surface area contributed by atoms with E-state index in [1.165, 1.54) is 44.9 Å². The standard InChI is InChI=1S/C64H100O6/c1-4-7-10-13-16-19-22-25-28-30-32-34-36-39-42-45-48-51-54-57-63(66)69-60-61(59-68-62(65)56-53-50-47-44-41-38-27-24-21-18-15-12-9-6-3)70-64(67)58-55-52-49-46-43-40-37-35-33-31-29-26-23-20-17-14-11-8-5-2/h7-8,10-11,16-17,19-20,24-29,32-35,39-40,42-43,48,51,61H,4-6,9,12-15,18,21-23,30-31,36-38,41,44-47,49-50,52-60H2,1-3H3/b10-7+,11-8+,19-16+,20-17+,27-24+,28-25+,29-26+,34-32+,35-33+,42-39+,43-40+,51-48+/t61-/m1/s1. The lowest BCUT2D eigenvalue weighted by Crippen LogP contribution is -2.30. The topological polar surface area (TPSA) is 78.9 Å². The van der Waals surface area contributed by atoms with Gasteiger partial charge in [-0.2, -0.15) is 0 Å². The second-order valence-corrected chi connectivity index (χ2v) is 17.7. The van der Waals surface area contributed by atoms with Crippen LogP contribution in [0.4, 0.5) is 0 Å². The minimum Gasteiger partial charge on any atom is -0.462 e. The molecule has 0 saturated heterocycles. The predicted molar refractivity (Wildman–Crippen MR) is 302 cm³/mol. The van der Waals surface area contributed by atoms with Crippen LogP contribution in [0.2, 0.25) is 0 Å². The summed E-state index contributed by atoms with van der Waals surface area (Å²) >= 11 is 0. The number of carbonyl (C=O) groups is 3. The molecule has 0 bridgehead atoms. The summed E-state index contributed by atoms with van der Waals surface area (Å²) in [6, 6.07) is 0. The first-order valence-electron chi connectivity index (χ1n) is 27.8. The smallest absolute Gasteiger partial charge is 0.306 e. The van der Waals surface area contributed by atoms with Gasteiger partial charge in [0.25, 0.3) is 0 Å². The molecule has 0 rings (SSSR count). The van der Waals surface area contributed by atoms with E-state index in [-0.39, 0.29) is 44.0 Å². The van der Waals surface area contributed by atoms with Gasteiger partial charge in [0, 0.05) is 19.3 Å². The van der Waals surface area contributed by atoms with Crippen molar-refractivity contribution in [2.75, 3.05) is 13.2 Å². The van der Waals surface area contributed by atoms with Crippen molar-refractivity contribution in [2.24, 2.45) is 0 Å². The number of carbonyl (C=O) groups excluding carboxylic acids is 3. The number of hydrogen-bond acceptors (Lipinski definition) is 6. The Balaban J connectivity index is 4.61. The molecular weight excluding hydrogens is 865 g/mol. The maximum atomic E-state index is 12.8. The number of unbranched alkanes of at least 4 members (excludes halogenated alkanes) is 13. The number of rotatable bonds is 48. The molecule has 0 aromatic heterocycles. The highest BCUT2D eigenvalue weighted by atomic mass is 16.6. The molecule has 0 N–H and O–H groups in total. The molecule has 70 heavy (non-hydrogen) atoms. The highest BCUT2D eigenvalue weighted by molar-refractivity contribution is 5.71. The first-order chi connectivity index (χ1) is 34.5. The van der Waals surface area contributed by atoms with E-state index in [1.807, 2.05) is 12.2 Å². The van der Waals surface area contributed by atoms with Crippen molar-refractivity contribution < 1.29 is 28.6 Å². The summed E-state index contributed by atoms with van der Waals surface area (Å²) in [6.45, 7) is 6.28. The summed E-state index contributed by atoms with van der Waals surface area (Å²) in [5.74, 6) is -1.06. The zero-order valence-electron chi connectivity index (χ0n) is 44.7. The lowest BCUT2D eigenvalue weighted by Gasteiger charge is -2.18. The summed E-state index contributed by atoms with van der Waals surface area (Å²) in [5.41, 5.74) is 0. The Hall–Kier alpha value is -4.71. The average Bonchev–Trinajstić information content (AvgIpc) is 3.36. The van der Waals surface area contributed by atoms with E-state index in [4.69, 9.17) is 14.2 Å². The Labute approximate surface area is 429 Å². The van der Waals surface area contributed by atoms with Gasteiger partial charge < -0.3 is 14.2 Å². The summed E-state index contributed by atoms with van der Waals surface area (Å²) in [7, 11) is 0. The minimum atomic E-state index is -0.836. The van der Waals surface area contributed by atoms with Crippen molar-refractivity contribution in [1.29, 1.82) is 0 Å². The summed E-state index contributed by atoms with van der Waals surface area (Å²) in [6.07, 6.45) is 81.3. The van der Waals surface area contributed by atoms with Crippen LogP contribution in [0.3, 0.4) is 0 Å². The fourth-order valence-corrected chi connectivity index (χ4v) is 6.96. The molecule has 1 atom stereocenters. The molecule has 0 fully saturated rings. The molecule has 0 radical (unpaired) electrons. The molecule has 0 aliphatic carbocycles. The van der Waals surface area contributed by atoms with E-state index in [1.54, 1.807) is 0 Å². The Morgan fingerprint density at radius 2 is 0.586 bits per heavy atom. The fourth-order valence-electron chi connectivity index (χ4n) is 6.96. The maximum absolute atomic E-state index is 12.8. The summed E-state index contributed by atoms with van der Waals surface area (Å²) in [5, 5.41) is 0. The Kier molecular flexibility index (Phi) is 53.0. The average molecular weight is 965 g/mol. The van der Waals surface area contributed by atoms with E-state index in [0.717, 1.165) is 122 Å². The van der Waals surface area contributed by atoms with E-state index >= 15 is 0 Å². The lowest BCUT2D eigenvalue weighted by atomic mass is 10.1. The third-order valence-electron chi connectivity index (χ3n) is 11.1. The Bertz CT molecular complexity index is 1580. The minimum absolute atomic E-state index is 0.125.